The van der Waals surface area contributed by atoms with Crippen molar-refractivity contribution < 1.29 is 0 Å². The maximum absolute atomic E-state index is 2.69. The van der Waals surface area contributed by atoms with E-state index in [0.717, 1.165) is 0 Å². The molecule has 22 heavy (non-hydrogen) atoms. The van der Waals surface area contributed by atoms with Gasteiger partial charge in [-0.05, 0) is 85.4 Å². The Balaban J connectivity index is 2.41. The molecule has 1 aromatic carbocycles. The molecule has 0 unspecified atom stereocenters. The van der Waals surface area contributed by atoms with Crippen LogP contribution in [0.15, 0.2) is 0 Å². The van der Waals surface area contributed by atoms with Crippen molar-refractivity contribution >= 4 is 0 Å². The molecule has 0 radical (unpaired) electrons. The van der Waals surface area contributed by atoms with Crippen molar-refractivity contribution in [1.29, 1.82) is 0 Å². The topological polar surface area (TPSA) is 3.24 Å². The van der Waals surface area contributed by atoms with Crippen LogP contribution in [0.1, 0.15) is 73.9 Å². The summed E-state index contributed by atoms with van der Waals surface area (Å²) in [6, 6.07) is 0. The van der Waals surface area contributed by atoms with E-state index in [-0.39, 0.29) is 0 Å². The van der Waals surface area contributed by atoms with Gasteiger partial charge in [0.05, 0.1) is 0 Å². The average molecular weight is 302 g/mol. The van der Waals surface area contributed by atoms with Crippen LogP contribution in [0.25, 0.3) is 0 Å². The molecule has 0 saturated carbocycles. The number of fused-ring (bicyclic) bond motifs is 1. The predicted molar refractivity (Wildman–Crippen MR) is 98.1 cm³/mol. The maximum atomic E-state index is 2.69. The van der Waals surface area contributed by atoms with Crippen LogP contribution in [0.5, 0.6) is 0 Å². The normalized spacial score (nSPS) is 15.7. The Bertz CT molecular complexity index is 501. The van der Waals surface area contributed by atoms with Gasteiger partial charge in [0.1, 0.15) is 0 Å². The maximum Gasteiger partial charge on any atom is 0.00222 e. The van der Waals surface area contributed by atoms with Gasteiger partial charge in [0, 0.05) is 13.1 Å². The Morgan fingerprint density at radius 2 is 1.36 bits per heavy atom. The van der Waals surface area contributed by atoms with Crippen molar-refractivity contribution in [3.63, 3.8) is 0 Å². The number of hydrogen-bond donors (Lipinski definition) is 0. The van der Waals surface area contributed by atoms with Crippen LogP contribution >= 0.6 is 0 Å². The summed E-state index contributed by atoms with van der Waals surface area (Å²) in [4.78, 5) is 2.69. The minimum Gasteiger partial charge on any atom is -0.303 e. The van der Waals surface area contributed by atoms with E-state index < -0.39 is 0 Å². The third kappa shape index (κ3) is 3.40. The van der Waals surface area contributed by atoms with E-state index in [0.29, 0.717) is 0 Å². The van der Waals surface area contributed by atoms with Crippen molar-refractivity contribution in [2.75, 3.05) is 19.6 Å². The quantitative estimate of drug-likeness (QED) is 0.723. The molecule has 1 nitrogen and oxygen atoms in total. The molecule has 2 rings (SSSR count). The number of rotatable bonds is 6. The van der Waals surface area contributed by atoms with Crippen molar-refractivity contribution in [1.82, 2.24) is 4.90 Å². The second-order valence-electron chi connectivity index (χ2n) is 6.77. The van der Waals surface area contributed by atoms with Crippen molar-refractivity contribution in [2.24, 2.45) is 0 Å². The largest absolute Gasteiger partial charge is 0.303 e. The van der Waals surface area contributed by atoms with Crippen LogP contribution in [-0.4, -0.2) is 24.5 Å². The lowest BCUT2D eigenvalue weighted by atomic mass is 9.82. The second kappa shape index (κ2) is 8.15. The summed E-state index contributed by atoms with van der Waals surface area (Å²) in [5.74, 6) is 0. The Hall–Kier alpha value is -0.820. The molecular formula is C21H35N. The first-order chi connectivity index (χ1) is 10.7. The molecule has 0 saturated heterocycles. The average Bonchev–Trinajstić information content (AvgIpc) is 2.75. The van der Waals surface area contributed by atoms with Crippen LogP contribution in [0.3, 0.4) is 0 Å². The van der Waals surface area contributed by atoms with Crippen LogP contribution in [0.2, 0.25) is 0 Å². The molecular weight excluding hydrogens is 266 g/mol. The third-order valence-electron chi connectivity index (χ3n) is 5.61. The number of benzene rings is 1. The van der Waals surface area contributed by atoms with E-state index in [2.05, 4.69) is 39.5 Å². The fourth-order valence-corrected chi connectivity index (χ4v) is 4.41. The monoisotopic (exact) mass is 301 g/mol. The van der Waals surface area contributed by atoms with Gasteiger partial charge in [-0.1, -0.05) is 34.1 Å². The van der Waals surface area contributed by atoms with Crippen LogP contribution in [-0.2, 0) is 32.1 Å². The number of unbranched alkanes of at least 4 members (excludes halogenated alkanes) is 1. The molecule has 0 spiro atoms. The van der Waals surface area contributed by atoms with E-state index >= 15 is 0 Å². The van der Waals surface area contributed by atoms with E-state index in [9.17, 15) is 0 Å². The van der Waals surface area contributed by atoms with E-state index in [1.165, 1.54) is 64.6 Å². The first kappa shape index (κ1) is 17.5. The fraction of sp³-hybridized carbons (Fsp3) is 0.714. The lowest BCUT2D eigenvalue weighted by Crippen LogP contribution is -2.27. The summed E-state index contributed by atoms with van der Waals surface area (Å²) in [7, 11) is 0. The van der Waals surface area contributed by atoms with E-state index in [4.69, 9.17) is 0 Å². The highest BCUT2D eigenvalue weighted by atomic mass is 15.1. The molecule has 0 aliphatic carbocycles. The first-order valence-electron chi connectivity index (χ1n) is 9.54. The molecule has 0 amide bonds. The lowest BCUT2D eigenvalue weighted by molar-refractivity contribution is 0.282. The molecule has 0 N–H and O–H groups in total. The van der Waals surface area contributed by atoms with Gasteiger partial charge in [0.25, 0.3) is 0 Å². The molecule has 1 heteroatoms. The molecule has 1 heterocycles. The highest BCUT2D eigenvalue weighted by molar-refractivity contribution is 5.52. The van der Waals surface area contributed by atoms with E-state index in [1.54, 1.807) is 33.4 Å². The standard InChI is InChI=1S/C21H35N/c1-6-10-13-22-14-11-20-16(5)17(7-2)18(8-3)19(9-4)21(20)12-15-22/h6-15H2,1-5H3. The zero-order valence-corrected chi connectivity index (χ0v) is 15.5. The van der Waals surface area contributed by atoms with Crippen molar-refractivity contribution in [3.05, 3.63) is 33.4 Å². The van der Waals surface area contributed by atoms with Gasteiger partial charge in [-0.2, -0.15) is 0 Å². The summed E-state index contributed by atoms with van der Waals surface area (Å²) in [5.41, 5.74) is 10.0. The predicted octanol–water partition coefficient (Wildman–Crippen LogP) is 4.88. The van der Waals surface area contributed by atoms with Crippen LogP contribution in [0.4, 0.5) is 0 Å². The van der Waals surface area contributed by atoms with E-state index in [1.807, 2.05) is 0 Å². The van der Waals surface area contributed by atoms with Gasteiger partial charge in [0.2, 0.25) is 0 Å². The molecule has 1 aliphatic rings. The summed E-state index contributed by atoms with van der Waals surface area (Å²) >= 11 is 0. The SMILES string of the molecule is CCCCN1CCc2c(C)c(CC)c(CC)c(CC)c2CC1. The highest BCUT2D eigenvalue weighted by Gasteiger charge is 2.22. The lowest BCUT2D eigenvalue weighted by Gasteiger charge is -2.23. The molecule has 124 valence electrons. The molecule has 0 atom stereocenters. The first-order valence-corrected chi connectivity index (χ1v) is 9.54. The smallest absolute Gasteiger partial charge is 0.00222 e. The van der Waals surface area contributed by atoms with Crippen LogP contribution in [0, 0.1) is 6.92 Å². The van der Waals surface area contributed by atoms with Gasteiger partial charge >= 0.3 is 0 Å². The summed E-state index contributed by atoms with van der Waals surface area (Å²) in [5, 5.41) is 0. The van der Waals surface area contributed by atoms with Gasteiger partial charge in [-0.3, -0.25) is 0 Å². The number of nitrogens with zero attached hydrogens (tertiary/aromatic N) is 1. The molecule has 0 aromatic heterocycles. The van der Waals surface area contributed by atoms with Gasteiger partial charge in [0.15, 0.2) is 0 Å². The highest BCUT2D eigenvalue weighted by Crippen LogP contribution is 2.32. The summed E-state index contributed by atoms with van der Waals surface area (Å²) < 4.78 is 0. The Morgan fingerprint density at radius 1 is 0.773 bits per heavy atom. The summed E-state index contributed by atoms with van der Waals surface area (Å²) in [6.07, 6.45) is 8.76. The van der Waals surface area contributed by atoms with Crippen LogP contribution < -0.4 is 0 Å². The Kier molecular flexibility index (Phi) is 6.50. The molecule has 1 aliphatic heterocycles. The third-order valence-corrected chi connectivity index (χ3v) is 5.61. The molecule has 0 fully saturated rings. The van der Waals surface area contributed by atoms with Gasteiger partial charge in [-0.25, -0.2) is 0 Å². The van der Waals surface area contributed by atoms with Crippen molar-refractivity contribution in [2.45, 2.75) is 79.6 Å². The molecule has 0 bridgehead atoms. The van der Waals surface area contributed by atoms with Crippen molar-refractivity contribution in [3.8, 4) is 0 Å². The Morgan fingerprint density at radius 3 is 1.91 bits per heavy atom. The van der Waals surface area contributed by atoms with Gasteiger partial charge < -0.3 is 4.90 Å². The minimum atomic E-state index is 1.19. The summed E-state index contributed by atoms with van der Waals surface area (Å²) in [6.45, 7) is 15.5. The minimum absolute atomic E-state index is 1.19. The Labute approximate surface area is 138 Å². The number of hydrogen-bond acceptors (Lipinski definition) is 1. The second-order valence-corrected chi connectivity index (χ2v) is 6.77. The zero-order chi connectivity index (χ0) is 16.1. The fourth-order valence-electron chi connectivity index (χ4n) is 4.41. The zero-order valence-electron chi connectivity index (χ0n) is 15.5. The van der Waals surface area contributed by atoms with Gasteiger partial charge in [-0.15, -0.1) is 0 Å². The molecule has 1 aromatic rings.